The molecule has 0 atom stereocenters. The number of benzene rings is 2. The first-order valence-corrected chi connectivity index (χ1v) is 6.75. The third-order valence-corrected chi connectivity index (χ3v) is 3.39. The van der Waals surface area contributed by atoms with Crippen LogP contribution in [0.2, 0.25) is 5.02 Å². The lowest BCUT2D eigenvalue weighted by atomic mass is 10.2. The van der Waals surface area contributed by atoms with Crippen molar-refractivity contribution in [2.24, 2.45) is 0 Å². The molecule has 2 rings (SSSR count). The molecular weight excluding hydrogens is 351 g/mol. The van der Waals surface area contributed by atoms with Gasteiger partial charge in [-0.1, -0.05) is 27.5 Å². The standard InChI is InChI=1S/C13H9BrClFN2O2/c14-9-1-2-12(15)13(5-9)17-7-8-3-10(16)6-11(4-8)18(19)20/h1-6,17H,7H2. The molecule has 0 aliphatic heterocycles. The van der Waals surface area contributed by atoms with Gasteiger partial charge in [0, 0.05) is 17.1 Å². The number of nitrogens with one attached hydrogen (secondary N) is 1. The van der Waals surface area contributed by atoms with Crippen molar-refractivity contribution in [1.29, 1.82) is 0 Å². The molecule has 0 fully saturated rings. The first kappa shape index (κ1) is 14.7. The lowest BCUT2D eigenvalue weighted by Gasteiger charge is -2.09. The highest BCUT2D eigenvalue weighted by atomic mass is 79.9. The molecule has 0 heterocycles. The highest BCUT2D eigenvalue weighted by molar-refractivity contribution is 9.10. The van der Waals surface area contributed by atoms with Crippen molar-refractivity contribution in [1.82, 2.24) is 0 Å². The Hall–Kier alpha value is -1.66. The van der Waals surface area contributed by atoms with Crippen LogP contribution >= 0.6 is 27.5 Å². The monoisotopic (exact) mass is 358 g/mol. The number of non-ortho nitro benzene ring substituents is 1. The summed E-state index contributed by atoms with van der Waals surface area (Å²) >= 11 is 9.33. The van der Waals surface area contributed by atoms with Crippen LogP contribution in [0.25, 0.3) is 0 Å². The zero-order chi connectivity index (χ0) is 14.7. The molecule has 2 aromatic rings. The van der Waals surface area contributed by atoms with Crippen LogP contribution in [0.3, 0.4) is 0 Å². The van der Waals surface area contributed by atoms with Gasteiger partial charge in [-0.05, 0) is 29.8 Å². The molecule has 0 amide bonds. The number of nitro benzene ring substituents is 1. The minimum Gasteiger partial charge on any atom is -0.380 e. The van der Waals surface area contributed by atoms with Crippen LogP contribution in [0.4, 0.5) is 15.8 Å². The Labute approximate surface area is 127 Å². The summed E-state index contributed by atoms with van der Waals surface area (Å²) in [5.41, 5.74) is 0.850. The van der Waals surface area contributed by atoms with Gasteiger partial charge in [0.1, 0.15) is 5.82 Å². The summed E-state index contributed by atoms with van der Waals surface area (Å²) in [6, 6.07) is 8.72. The number of anilines is 1. The zero-order valence-electron chi connectivity index (χ0n) is 10.1. The molecule has 0 spiro atoms. The fourth-order valence-electron chi connectivity index (χ4n) is 1.67. The van der Waals surface area contributed by atoms with E-state index < -0.39 is 10.7 Å². The van der Waals surface area contributed by atoms with Crippen LogP contribution in [-0.4, -0.2) is 4.92 Å². The van der Waals surface area contributed by atoms with E-state index in [1.165, 1.54) is 12.1 Å². The minimum atomic E-state index is -0.642. The second-order valence-electron chi connectivity index (χ2n) is 4.05. The minimum absolute atomic E-state index is 0.231. The second-order valence-corrected chi connectivity index (χ2v) is 5.38. The first-order valence-electron chi connectivity index (χ1n) is 5.58. The van der Waals surface area contributed by atoms with Crippen molar-refractivity contribution in [3.05, 3.63) is 67.4 Å². The maximum absolute atomic E-state index is 13.3. The molecule has 4 nitrogen and oxygen atoms in total. The van der Waals surface area contributed by atoms with Crippen LogP contribution in [0.15, 0.2) is 40.9 Å². The number of rotatable bonds is 4. The molecular formula is C13H9BrClFN2O2. The van der Waals surface area contributed by atoms with Crippen LogP contribution in [-0.2, 0) is 6.54 Å². The Bertz CT molecular complexity index is 667. The van der Waals surface area contributed by atoms with Gasteiger partial charge in [0.2, 0.25) is 0 Å². The van der Waals surface area contributed by atoms with Crippen LogP contribution in [0, 0.1) is 15.9 Å². The Kier molecular flexibility index (Phi) is 4.57. The predicted molar refractivity (Wildman–Crippen MR) is 79.5 cm³/mol. The van der Waals surface area contributed by atoms with Crippen molar-refractivity contribution in [3.63, 3.8) is 0 Å². The molecule has 104 valence electrons. The van der Waals surface area contributed by atoms with E-state index in [0.717, 1.165) is 10.5 Å². The summed E-state index contributed by atoms with van der Waals surface area (Å²) in [6.45, 7) is 0.231. The van der Waals surface area contributed by atoms with E-state index in [-0.39, 0.29) is 12.2 Å². The topological polar surface area (TPSA) is 55.2 Å². The van der Waals surface area contributed by atoms with E-state index in [1.54, 1.807) is 18.2 Å². The van der Waals surface area contributed by atoms with Crippen molar-refractivity contribution >= 4 is 38.9 Å². The van der Waals surface area contributed by atoms with E-state index in [0.29, 0.717) is 16.3 Å². The third-order valence-electron chi connectivity index (χ3n) is 2.56. The molecule has 2 aromatic carbocycles. The lowest BCUT2D eigenvalue weighted by molar-refractivity contribution is -0.385. The number of hydrogen-bond donors (Lipinski definition) is 1. The largest absolute Gasteiger partial charge is 0.380 e. The van der Waals surface area contributed by atoms with Gasteiger partial charge in [-0.3, -0.25) is 10.1 Å². The molecule has 0 aromatic heterocycles. The Morgan fingerprint density at radius 1 is 1.30 bits per heavy atom. The number of halogens is 3. The van der Waals surface area contributed by atoms with Crippen molar-refractivity contribution in [3.8, 4) is 0 Å². The third kappa shape index (κ3) is 3.68. The van der Waals surface area contributed by atoms with Gasteiger partial charge < -0.3 is 5.32 Å². The molecule has 0 saturated carbocycles. The summed E-state index contributed by atoms with van der Waals surface area (Å²) in [6.07, 6.45) is 0. The van der Waals surface area contributed by atoms with Gasteiger partial charge in [0.25, 0.3) is 5.69 Å². The zero-order valence-corrected chi connectivity index (χ0v) is 12.4. The average molecular weight is 360 g/mol. The number of nitrogens with zero attached hydrogens (tertiary/aromatic N) is 1. The van der Waals surface area contributed by atoms with E-state index in [9.17, 15) is 14.5 Å². The number of hydrogen-bond acceptors (Lipinski definition) is 3. The lowest BCUT2D eigenvalue weighted by Crippen LogP contribution is -2.01. The average Bonchev–Trinajstić information content (AvgIpc) is 2.39. The van der Waals surface area contributed by atoms with Crippen LogP contribution in [0.5, 0.6) is 0 Å². The molecule has 0 aliphatic rings. The van der Waals surface area contributed by atoms with E-state index in [2.05, 4.69) is 21.2 Å². The first-order chi connectivity index (χ1) is 9.45. The van der Waals surface area contributed by atoms with Crippen LogP contribution in [0.1, 0.15) is 5.56 Å². The van der Waals surface area contributed by atoms with Gasteiger partial charge in [0.05, 0.1) is 21.7 Å². The summed E-state index contributed by atoms with van der Waals surface area (Å²) in [5.74, 6) is -0.642. The normalized spacial score (nSPS) is 10.3. The Balaban J connectivity index is 2.18. The Morgan fingerprint density at radius 3 is 2.75 bits per heavy atom. The van der Waals surface area contributed by atoms with Gasteiger partial charge in [-0.25, -0.2) is 4.39 Å². The van der Waals surface area contributed by atoms with Crippen LogP contribution < -0.4 is 5.32 Å². The highest BCUT2D eigenvalue weighted by Gasteiger charge is 2.10. The Morgan fingerprint density at radius 2 is 2.05 bits per heavy atom. The molecule has 0 aliphatic carbocycles. The molecule has 1 N–H and O–H groups in total. The van der Waals surface area contributed by atoms with Gasteiger partial charge in [-0.15, -0.1) is 0 Å². The van der Waals surface area contributed by atoms with E-state index in [1.807, 2.05) is 0 Å². The van der Waals surface area contributed by atoms with Gasteiger partial charge >= 0.3 is 0 Å². The van der Waals surface area contributed by atoms with E-state index >= 15 is 0 Å². The molecule has 0 bridgehead atoms. The maximum atomic E-state index is 13.3. The molecule has 7 heteroatoms. The summed E-state index contributed by atoms with van der Waals surface area (Å²) in [7, 11) is 0. The second kappa shape index (κ2) is 6.19. The quantitative estimate of drug-likeness (QED) is 0.632. The molecule has 0 radical (unpaired) electrons. The number of nitro groups is 1. The fraction of sp³-hybridized carbons (Fsp3) is 0.0769. The van der Waals surface area contributed by atoms with Gasteiger partial charge in [0.15, 0.2) is 0 Å². The van der Waals surface area contributed by atoms with Crippen molar-refractivity contribution < 1.29 is 9.31 Å². The SMILES string of the molecule is O=[N+]([O-])c1cc(F)cc(CNc2cc(Br)ccc2Cl)c1. The smallest absolute Gasteiger partial charge is 0.272 e. The van der Waals surface area contributed by atoms with Crippen molar-refractivity contribution in [2.45, 2.75) is 6.54 Å². The van der Waals surface area contributed by atoms with Crippen molar-refractivity contribution in [2.75, 3.05) is 5.32 Å². The fourth-order valence-corrected chi connectivity index (χ4v) is 2.22. The van der Waals surface area contributed by atoms with Gasteiger partial charge in [-0.2, -0.15) is 0 Å². The van der Waals surface area contributed by atoms with E-state index in [4.69, 9.17) is 11.6 Å². The molecule has 0 saturated heterocycles. The molecule has 20 heavy (non-hydrogen) atoms. The summed E-state index contributed by atoms with van der Waals surface area (Å²) < 4.78 is 14.1. The molecule has 0 unspecified atom stereocenters. The maximum Gasteiger partial charge on any atom is 0.272 e. The summed E-state index contributed by atoms with van der Waals surface area (Å²) in [5, 5.41) is 14.2. The predicted octanol–water partition coefficient (Wildman–Crippen LogP) is 4.76. The highest BCUT2D eigenvalue weighted by Crippen LogP contribution is 2.26. The summed E-state index contributed by atoms with van der Waals surface area (Å²) in [4.78, 5) is 10.0.